The SMILES string of the molecule is CC(C)(C)OC(=O)N1CC2(CN(CCO)C2)C1.CC(C)(C)OC(=O)N1CC2(CN(CCOS(C)(=O)=O)C2)C1.CS(=O)(=O)Cl. The van der Waals surface area contributed by atoms with Crippen molar-refractivity contribution in [3.63, 3.8) is 0 Å². The van der Waals surface area contributed by atoms with E-state index in [0.29, 0.717) is 19.6 Å². The van der Waals surface area contributed by atoms with E-state index in [1.54, 1.807) is 9.80 Å². The van der Waals surface area contributed by atoms with E-state index in [1.165, 1.54) is 0 Å². The van der Waals surface area contributed by atoms with Crippen molar-refractivity contribution in [3.05, 3.63) is 0 Å². The summed E-state index contributed by atoms with van der Waals surface area (Å²) in [7, 11) is -2.05. The van der Waals surface area contributed by atoms with Gasteiger partial charge in [0.2, 0.25) is 9.05 Å². The van der Waals surface area contributed by atoms with Crippen LogP contribution >= 0.6 is 10.7 Å². The van der Waals surface area contributed by atoms with Crippen LogP contribution in [-0.2, 0) is 32.8 Å². The summed E-state index contributed by atoms with van der Waals surface area (Å²) < 4.78 is 55.8. The molecule has 0 aliphatic carbocycles. The average Bonchev–Trinajstić information content (AvgIpc) is 2.64. The minimum Gasteiger partial charge on any atom is -0.444 e. The van der Waals surface area contributed by atoms with Crippen LogP contribution in [-0.4, -0.2) is 156 Å². The number of carbonyl (C=O) groups excluding carboxylic acids is 2. The quantitative estimate of drug-likeness (QED) is 0.317. The molecule has 0 saturated carbocycles. The minimum absolute atomic E-state index is 0.169. The molecule has 4 aliphatic rings. The number of nitrogens with zero attached hydrogens (tertiary/aromatic N) is 4. The molecule has 0 bridgehead atoms. The molecular weight excluding hydrogens is 628 g/mol. The zero-order chi connectivity index (χ0) is 33.1. The highest BCUT2D eigenvalue weighted by atomic mass is 35.7. The topological polar surface area (TPSA) is 163 Å². The molecule has 252 valence electrons. The molecule has 4 rings (SSSR count). The Morgan fingerprint density at radius 3 is 1.33 bits per heavy atom. The number of rotatable bonds is 6. The third kappa shape index (κ3) is 13.6. The van der Waals surface area contributed by atoms with Crippen LogP contribution in [0.4, 0.5) is 9.59 Å². The summed E-state index contributed by atoms with van der Waals surface area (Å²) >= 11 is 0. The molecule has 0 unspecified atom stereocenters. The summed E-state index contributed by atoms with van der Waals surface area (Å²) in [4.78, 5) is 31.4. The molecule has 17 heteroatoms. The van der Waals surface area contributed by atoms with Gasteiger partial charge >= 0.3 is 12.2 Å². The molecule has 0 atom stereocenters. The Morgan fingerprint density at radius 1 is 0.721 bits per heavy atom. The van der Waals surface area contributed by atoms with Crippen molar-refractivity contribution in [2.45, 2.75) is 52.7 Å². The Balaban J connectivity index is 0.000000264. The highest BCUT2D eigenvalue weighted by molar-refractivity contribution is 8.13. The van der Waals surface area contributed by atoms with Crippen molar-refractivity contribution in [2.75, 3.05) is 91.2 Å². The van der Waals surface area contributed by atoms with Crippen molar-refractivity contribution < 1.29 is 45.2 Å². The number of hydrogen-bond acceptors (Lipinski definition) is 12. The molecule has 0 aromatic rings. The van der Waals surface area contributed by atoms with Crippen molar-refractivity contribution in [1.82, 2.24) is 19.6 Å². The van der Waals surface area contributed by atoms with E-state index in [0.717, 1.165) is 58.3 Å². The number of amides is 2. The maximum atomic E-state index is 11.8. The summed E-state index contributed by atoms with van der Waals surface area (Å²) in [5.41, 5.74) is -0.426. The molecule has 4 fully saturated rings. The van der Waals surface area contributed by atoms with Gasteiger partial charge in [-0.25, -0.2) is 18.0 Å². The zero-order valence-electron chi connectivity index (χ0n) is 26.6. The summed E-state index contributed by atoms with van der Waals surface area (Å²) in [6.07, 6.45) is 1.51. The van der Waals surface area contributed by atoms with Crippen LogP contribution in [0.3, 0.4) is 0 Å². The lowest BCUT2D eigenvalue weighted by Gasteiger charge is -2.59. The predicted molar refractivity (Wildman–Crippen MR) is 162 cm³/mol. The average molecular weight is 677 g/mol. The van der Waals surface area contributed by atoms with Gasteiger partial charge in [-0.15, -0.1) is 0 Å². The molecule has 14 nitrogen and oxygen atoms in total. The van der Waals surface area contributed by atoms with E-state index >= 15 is 0 Å². The first-order chi connectivity index (χ1) is 19.3. The van der Waals surface area contributed by atoms with Gasteiger partial charge < -0.3 is 24.4 Å². The second-order valence-corrected chi connectivity index (χ2v) is 18.7. The molecule has 1 N–H and O–H groups in total. The minimum atomic E-state index is -3.36. The normalized spacial score (nSPS) is 21.2. The highest BCUT2D eigenvalue weighted by Crippen LogP contribution is 2.40. The van der Waals surface area contributed by atoms with Crippen molar-refractivity contribution in [3.8, 4) is 0 Å². The fourth-order valence-electron chi connectivity index (χ4n) is 5.42. The number of halogens is 1. The predicted octanol–water partition coefficient (Wildman–Crippen LogP) is 1.23. The molecule has 4 heterocycles. The van der Waals surface area contributed by atoms with E-state index in [-0.39, 0.29) is 36.2 Å². The third-order valence-electron chi connectivity index (χ3n) is 6.77. The third-order valence-corrected chi connectivity index (χ3v) is 7.36. The second-order valence-electron chi connectivity index (χ2n) is 14.0. The molecule has 0 aromatic heterocycles. The van der Waals surface area contributed by atoms with E-state index in [2.05, 4.69) is 20.5 Å². The van der Waals surface area contributed by atoms with Gasteiger partial charge in [0, 0.05) is 87.0 Å². The first kappa shape index (κ1) is 37.8. The van der Waals surface area contributed by atoms with Crippen LogP contribution in [0.1, 0.15) is 41.5 Å². The number of hydrogen-bond donors (Lipinski definition) is 1. The van der Waals surface area contributed by atoms with Crippen LogP contribution in [0.2, 0.25) is 0 Å². The maximum Gasteiger partial charge on any atom is 0.410 e. The van der Waals surface area contributed by atoms with Gasteiger partial charge in [0.15, 0.2) is 0 Å². The van der Waals surface area contributed by atoms with E-state index in [9.17, 15) is 26.4 Å². The Morgan fingerprint density at radius 2 is 1.05 bits per heavy atom. The van der Waals surface area contributed by atoms with Crippen molar-refractivity contribution >= 4 is 42.0 Å². The van der Waals surface area contributed by atoms with Gasteiger partial charge in [0.05, 0.1) is 25.7 Å². The summed E-state index contributed by atoms with van der Waals surface area (Å²) in [6.45, 7) is 19.7. The molecule has 4 saturated heterocycles. The number of carbonyl (C=O) groups is 2. The molecule has 0 radical (unpaired) electrons. The van der Waals surface area contributed by atoms with Crippen molar-refractivity contribution in [2.24, 2.45) is 10.8 Å². The Kier molecular flexibility index (Phi) is 12.2. The lowest BCUT2D eigenvalue weighted by Crippen LogP contribution is -2.73. The Labute approximate surface area is 261 Å². The van der Waals surface area contributed by atoms with Crippen molar-refractivity contribution in [1.29, 1.82) is 0 Å². The van der Waals surface area contributed by atoms with Gasteiger partial charge in [-0.2, -0.15) is 8.42 Å². The Bertz CT molecular complexity index is 1170. The molecule has 0 aromatic carbocycles. The van der Waals surface area contributed by atoms with Crippen LogP contribution in [0, 0.1) is 10.8 Å². The van der Waals surface area contributed by atoms with E-state index in [4.69, 9.17) is 18.8 Å². The monoisotopic (exact) mass is 676 g/mol. The van der Waals surface area contributed by atoms with Gasteiger partial charge in [-0.05, 0) is 41.5 Å². The van der Waals surface area contributed by atoms with Gasteiger partial charge in [-0.3, -0.25) is 14.0 Å². The smallest absolute Gasteiger partial charge is 0.410 e. The van der Waals surface area contributed by atoms with Gasteiger partial charge in [0.1, 0.15) is 11.2 Å². The van der Waals surface area contributed by atoms with E-state index < -0.39 is 30.4 Å². The van der Waals surface area contributed by atoms with E-state index in [1.807, 2.05) is 41.5 Å². The standard InChI is InChI=1S/C13H24N2O5S.C12H22N2O3.CH3ClO2S/c1-12(2,3)20-11(16)15-9-13(10-15)7-14(8-13)5-6-19-21(4,17)18;1-11(2,3)17-10(16)14-8-12(9-14)6-13(7-12)4-5-15;1-5(2,3)4/h5-10H2,1-4H3;15H,4-9H2,1-3H3;1H3. The fourth-order valence-corrected chi connectivity index (χ4v) is 5.80. The number of ether oxygens (including phenoxy) is 2. The van der Waals surface area contributed by atoms with Crippen LogP contribution < -0.4 is 0 Å². The summed E-state index contributed by atoms with van der Waals surface area (Å²) in [5.74, 6) is 0. The number of likely N-dealkylation sites (tertiary alicyclic amines) is 4. The van der Waals surface area contributed by atoms with Crippen LogP contribution in [0.5, 0.6) is 0 Å². The van der Waals surface area contributed by atoms with Gasteiger partial charge in [-0.1, -0.05) is 0 Å². The lowest BCUT2D eigenvalue weighted by molar-refractivity contribution is -0.115. The maximum absolute atomic E-state index is 11.8. The molecule has 4 aliphatic heterocycles. The first-order valence-corrected chi connectivity index (χ1v) is 18.6. The fraction of sp³-hybridized carbons (Fsp3) is 0.923. The summed E-state index contributed by atoms with van der Waals surface area (Å²) in [5, 5.41) is 8.80. The second kappa shape index (κ2) is 13.9. The first-order valence-electron chi connectivity index (χ1n) is 14.1. The number of β-amino-alcohol motifs (C(OH)–C–C–N with tert-alkyl or cyclic N) is 1. The number of aliphatic hydroxyl groups is 1. The largest absolute Gasteiger partial charge is 0.444 e. The lowest BCUT2D eigenvalue weighted by atomic mass is 9.73. The Hall–Kier alpha value is -1.43. The number of aliphatic hydroxyl groups excluding tert-OH is 1. The molecule has 2 spiro atoms. The molecular formula is C26H49ClN4O10S2. The summed E-state index contributed by atoms with van der Waals surface area (Å²) in [6, 6.07) is 0. The molecule has 43 heavy (non-hydrogen) atoms. The van der Waals surface area contributed by atoms with Crippen LogP contribution in [0.25, 0.3) is 0 Å². The zero-order valence-corrected chi connectivity index (χ0v) is 29.0. The van der Waals surface area contributed by atoms with Crippen LogP contribution in [0.15, 0.2) is 0 Å². The highest BCUT2D eigenvalue weighted by Gasteiger charge is 2.54. The molecule has 2 amide bonds. The van der Waals surface area contributed by atoms with Gasteiger partial charge in [0.25, 0.3) is 10.1 Å².